The number of thioether (sulfide) groups is 1. The zero-order valence-corrected chi connectivity index (χ0v) is 15.5. The summed E-state index contributed by atoms with van der Waals surface area (Å²) in [5.41, 5.74) is 1.77. The molecule has 3 aromatic rings. The van der Waals surface area contributed by atoms with Crippen LogP contribution in [0.5, 0.6) is 11.5 Å². The Hall–Kier alpha value is -2.74. The second-order valence-corrected chi connectivity index (χ2v) is 6.53. The Bertz CT molecular complexity index is 879. The van der Waals surface area contributed by atoms with Crippen LogP contribution in [0.3, 0.4) is 0 Å². The van der Waals surface area contributed by atoms with Crippen molar-refractivity contribution in [3.05, 3.63) is 36.5 Å². The summed E-state index contributed by atoms with van der Waals surface area (Å²) in [7, 11) is 3.12. The highest BCUT2D eigenvalue weighted by atomic mass is 32.2. The number of carbonyl (C=O) groups excluding carboxylic acids is 1. The molecule has 0 saturated carbocycles. The van der Waals surface area contributed by atoms with Crippen LogP contribution in [0.15, 0.2) is 46.2 Å². The van der Waals surface area contributed by atoms with E-state index in [9.17, 15) is 4.79 Å². The van der Waals surface area contributed by atoms with E-state index in [4.69, 9.17) is 13.9 Å². The molecule has 136 valence electrons. The molecule has 1 atom stereocenters. The Morgan fingerprint density at radius 1 is 1.27 bits per heavy atom. The van der Waals surface area contributed by atoms with Gasteiger partial charge in [0.2, 0.25) is 5.91 Å². The summed E-state index contributed by atoms with van der Waals surface area (Å²) in [5.74, 6) is 1.02. The minimum atomic E-state index is -0.351. The van der Waals surface area contributed by atoms with Gasteiger partial charge in [-0.3, -0.25) is 4.79 Å². The quantitative estimate of drug-likeness (QED) is 0.631. The lowest BCUT2D eigenvalue weighted by atomic mass is 10.2. The Labute approximate surface area is 155 Å². The average Bonchev–Trinajstić information content (AvgIpc) is 3.08. The molecule has 2 aromatic heterocycles. The fourth-order valence-electron chi connectivity index (χ4n) is 2.38. The fraction of sp³-hybridized carbons (Fsp3) is 0.278. The van der Waals surface area contributed by atoms with Crippen molar-refractivity contribution in [2.75, 3.05) is 19.5 Å². The van der Waals surface area contributed by atoms with Crippen molar-refractivity contribution in [1.82, 2.24) is 9.97 Å². The van der Waals surface area contributed by atoms with E-state index in [1.54, 1.807) is 50.7 Å². The summed E-state index contributed by atoms with van der Waals surface area (Å²) >= 11 is 1.27. The van der Waals surface area contributed by atoms with Gasteiger partial charge in [-0.25, -0.2) is 4.98 Å². The van der Waals surface area contributed by atoms with E-state index in [1.165, 1.54) is 11.8 Å². The lowest BCUT2D eigenvalue weighted by molar-refractivity contribution is -0.115. The van der Waals surface area contributed by atoms with Crippen molar-refractivity contribution in [3.63, 3.8) is 0 Å². The second kappa shape index (κ2) is 8.09. The van der Waals surface area contributed by atoms with E-state index in [2.05, 4.69) is 15.3 Å². The van der Waals surface area contributed by atoms with Crippen molar-refractivity contribution in [2.24, 2.45) is 0 Å². The molecule has 0 aliphatic heterocycles. The van der Waals surface area contributed by atoms with Crippen LogP contribution in [0.4, 0.5) is 5.69 Å². The normalized spacial score (nSPS) is 12.0. The Kier molecular flexibility index (Phi) is 5.62. The molecular weight excluding hydrogens is 354 g/mol. The highest BCUT2D eigenvalue weighted by Crippen LogP contribution is 2.31. The number of nitrogens with zero attached hydrogens (tertiary/aromatic N) is 2. The molecule has 1 N–H and O–H groups in total. The third-order valence-electron chi connectivity index (χ3n) is 3.70. The van der Waals surface area contributed by atoms with Crippen LogP contribution in [0.2, 0.25) is 0 Å². The number of ether oxygens (including phenoxy) is 2. The van der Waals surface area contributed by atoms with Crippen LogP contribution in [-0.4, -0.2) is 35.3 Å². The maximum absolute atomic E-state index is 12.6. The van der Waals surface area contributed by atoms with Gasteiger partial charge in [0.05, 0.1) is 19.5 Å². The van der Waals surface area contributed by atoms with E-state index in [0.29, 0.717) is 40.1 Å². The molecule has 0 bridgehead atoms. The summed E-state index contributed by atoms with van der Waals surface area (Å²) in [6.07, 6.45) is 2.27. The molecule has 1 aromatic carbocycles. The Balaban J connectivity index is 1.72. The Morgan fingerprint density at radius 2 is 2.08 bits per heavy atom. The first-order chi connectivity index (χ1) is 12.6. The van der Waals surface area contributed by atoms with E-state index in [-0.39, 0.29) is 11.2 Å². The van der Waals surface area contributed by atoms with Crippen molar-refractivity contribution in [1.29, 1.82) is 0 Å². The van der Waals surface area contributed by atoms with Crippen molar-refractivity contribution < 1.29 is 18.7 Å². The fourth-order valence-corrected chi connectivity index (χ4v) is 3.23. The molecule has 0 unspecified atom stereocenters. The largest absolute Gasteiger partial charge is 0.493 e. The number of amides is 1. The number of anilines is 1. The van der Waals surface area contributed by atoms with Gasteiger partial charge in [-0.2, -0.15) is 4.98 Å². The standard InChI is InChI=1S/C18H19N3O4S/c1-4-15(26-18-21-16-13(25-18)6-5-9-19-16)17(22)20-11-7-8-12(23-2)14(10-11)24-3/h5-10,15H,4H2,1-3H3,(H,20,22)/t15-/m1/s1. The van der Waals surface area contributed by atoms with Crippen molar-refractivity contribution >= 4 is 34.6 Å². The first-order valence-electron chi connectivity index (χ1n) is 8.05. The van der Waals surface area contributed by atoms with E-state index >= 15 is 0 Å². The minimum absolute atomic E-state index is 0.139. The molecule has 0 saturated heterocycles. The third-order valence-corrected chi connectivity index (χ3v) is 4.91. The molecule has 8 heteroatoms. The summed E-state index contributed by atoms with van der Waals surface area (Å²) < 4.78 is 16.1. The monoisotopic (exact) mass is 373 g/mol. The number of hydrogen-bond donors (Lipinski definition) is 1. The molecule has 0 radical (unpaired) electrons. The van der Waals surface area contributed by atoms with Gasteiger partial charge in [0.15, 0.2) is 22.7 Å². The smallest absolute Gasteiger partial charge is 0.259 e. The van der Waals surface area contributed by atoms with Crippen LogP contribution in [-0.2, 0) is 4.79 Å². The zero-order chi connectivity index (χ0) is 18.5. The van der Waals surface area contributed by atoms with Gasteiger partial charge in [0.25, 0.3) is 5.22 Å². The van der Waals surface area contributed by atoms with Gasteiger partial charge < -0.3 is 19.2 Å². The van der Waals surface area contributed by atoms with Gasteiger partial charge in [-0.05, 0) is 30.7 Å². The van der Waals surface area contributed by atoms with Gasteiger partial charge in [-0.1, -0.05) is 18.7 Å². The molecule has 0 spiro atoms. The van der Waals surface area contributed by atoms with Crippen molar-refractivity contribution in [2.45, 2.75) is 23.8 Å². The summed E-state index contributed by atoms with van der Waals surface area (Å²) in [4.78, 5) is 21.1. The molecule has 3 rings (SSSR count). The number of aromatic nitrogens is 2. The molecule has 2 heterocycles. The van der Waals surface area contributed by atoms with Crippen LogP contribution in [0.1, 0.15) is 13.3 Å². The molecule has 7 nitrogen and oxygen atoms in total. The first kappa shape index (κ1) is 18.1. The lowest BCUT2D eigenvalue weighted by Crippen LogP contribution is -2.24. The second-order valence-electron chi connectivity index (χ2n) is 5.38. The summed E-state index contributed by atoms with van der Waals surface area (Å²) in [6, 6.07) is 8.81. The van der Waals surface area contributed by atoms with Gasteiger partial charge >= 0.3 is 0 Å². The van der Waals surface area contributed by atoms with Crippen LogP contribution < -0.4 is 14.8 Å². The van der Waals surface area contributed by atoms with E-state index in [1.807, 2.05) is 6.92 Å². The van der Waals surface area contributed by atoms with Gasteiger partial charge in [0.1, 0.15) is 0 Å². The van der Waals surface area contributed by atoms with E-state index in [0.717, 1.165) is 0 Å². The molecule has 0 aliphatic carbocycles. The first-order valence-corrected chi connectivity index (χ1v) is 8.93. The number of hydrogen-bond acceptors (Lipinski definition) is 7. The number of fused-ring (bicyclic) bond motifs is 1. The number of pyridine rings is 1. The average molecular weight is 373 g/mol. The SMILES string of the molecule is CC[C@@H](Sc1nc2ncccc2o1)C(=O)Nc1ccc(OC)c(OC)c1. The highest BCUT2D eigenvalue weighted by molar-refractivity contribution is 8.00. The molecule has 0 aliphatic rings. The predicted molar refractivity (Wildman–Crippen MR) is 99.9 cm³/mol. The molecule has 0 fully saturated rings. The van der Waals surface area contributed by atoms with Gasteiger partial charge in [-0.15, -0.1) is 0 Å². The van der Waals surface area contributed by atoms with Crippen LogP contribution >= 0.6 is 11.8 Å². The number of carbonyl (C=O) groups is 1. The number of rotatable bonds is 7. The van der Waals surface area contributed by atoms with Crippen LogP contribution in [0.25, 0.3) is 11.2 Å². The number of nitrogens with one attached hydrogen (secondary N) is 1. The number of benzene rings is 1. The minimum Gasteiger partial charge on any atom is -0.493 e. The maximum Gasteiger partial charge on any atom is 0.259 e. The van der Waals surface area contributed by atoms with Crippen molar-refractivity contribution in [3.8, 4) is 11.5 Å². The Morgan fingerprint density at radius 3 is 2.77 bits per heavy atom. The molecule has 26 heavy (non-hydrogen) atoms. The molecular formula is C18H19N3O4S. The molecule has 1 amide bonds. The topological polar surface area (TPSA) is 86.5 Å². The number of methoxy groups -OCH3 is 2. The van der Waals surface area contributed by atoms with Gasteiger partial charge in [0, 0.05) is 18.0 Å². The summed E-state index contributed by atoms with van der Waals surface area (Å²) in [6.45, 7) is 1.94. The highest BCUT2D eigenvalue weighted by Gasteiger charge is 2.22. The van der Waals surface area contributed by atoms with Crippen LogP contribution in [0, 0.1) is 0 Å². The van der Waals surface area contributed by atoms with E-state index < -0.39 is 0 Å². The predicted octanol–water partition coefficient (Wildman–Crippen LogP) is 3.75. The number of oxazole rings is 1. The third kappa shape index (κ3) is 3.91. The maximum atomic E-state index is 12.6. The summed E-state index contributed by atoms with van der Waals surface area (Å²) in [5, 5.41) is 2.97. The lowest BCUT2D eigenvalue weighted by Gasteiger charge is -2.14. The zero-order valence-electron chi connectivity index (χ0n) is 14.7.